The van der Waals surface area contributed by atoms with E-state index in [1.165, 1.54) is 11.0 Å². The summed E-state index contributed by atoms with van der Waals surface area (Å²) in [6.07, 6.45) is 2.43. The van der Waals surface area contributed by atoms with Crippen LogP contribution in [0.2, 0.25) is 10.0 Å². The molecule has 0 spiro atoms. The van der Waals surface area contributed by atoms with Crippen molar-refractivity contribution < 1.29 is 29.0 Å². The van der Waals surface area contributed by atoms with Gasteiger partial charge in [0.2, 0.25) is 11.8 Å². The molecule has 2 aliphatic heterocycles. The number of halogens is 3. The zero-order valence-electron chi connectivity index (χ0n) is 28.9. The molecule has 6 atom stereocenters. The Hall–Kier alpha value is -4.64. The van der Waals surface area contributed by atoms with Gasteiger partial charge in [-0.1, -0.05) is 75.0 Å². The van der Waals surface area contributed by atoms with Crippen molar-refractivity contribution in [2.75, 3.05) is 17.4 Å². The summed E-state index contributed by atoms with van der Waals surface area (Å²) in [6, 6.07) is 22.6. The number of ether oxygens (including phenoxy) is 1. The first-order valence-electron chi connectivity index (χ1n) is 17.2. The smallest absolute Gasteiger partial charge is 0.260 e. The molecule has 4 aliphatic rings. The zero-order valence-corrected chi connectivity index (χ0v) is 32.0. The van der Waals surface area contributed by atoms with Gasteiger partial charge in [0.15, 0.2) is 0 Å². The summed E-state index contributed by atoms with van der Waals surface area (Å²) in [4.78, 5) is 60.3. The molecule has 12 heteroatoms. The van der Waals surface area contributed by atoms with Gasteiger partial charge in [0.1, 0.15) is 11.5 Å². The molecular formula is C41H34BrCl2N3O6. The lowest BCUT2D eigenvalue weighted by atomic mass is 9.49. The highest BCUT2D eigenvalue weighted by atomic mass is 79.9. The van der Waals surface area contributed by atoms with Crippen molar-refractivity contribution in [2.24, 2.45) is 23.7 Å². The van der Waals surface area contributed by atoms with E-state index in [2.05, 4.69) is 21.4 Å². The van der Waals surface area contributed by atoms with E-state index < -0.39 is 46.8 Å². The molecule has 4 aromatic rings. The van der Waals surface area contributed by atoms with Crippen LogP contribution in [0.1, 0.15) is 41.0 Å². The van der Waals surface area contributed by atoms with Crippen LogP contribution >= 0.6 is 39.1 Å². The molecule has 2 saturated heterocycles. The third kappa shape index (κ3) is 5.32. The fourth-order valence-corrected chi connectivity index (χ4v) is 9.93. The molecule has 2 N–H and O–H groups in total. The van der Waals surface area contributed by atoms with Crippen molar-refractivity contribution >= 4 is 74.1 Å². The van der Waals surface area contributed by atoms with Crippen LogP contribution in [-0.4, -0.2) is 40.9 Å². The maximum atomic E-state index is 15.4. The number of fused-ring (bicyclic) bond motifs is 4. The number of imide groups is 2. The van der Waals surface area contributed by atoms with Crippen LogP contribution in [0.5, 0.6) is 11.5 Å². The minimum absolute atomic E-state index is 0.130. The van der Waals surface area contributed by atoms with Gasteiger partial charge in [0.05, 0.1) is 46.7 Å². The summed E-state index contributed by atoms with van der Waals surface area (Å²) in [5, 5.41) is 12.5. The monoisotopic (exact) mass is 813 g/mol. The average molecular weight is 816 g/mol. The number of anilines is 2. The van der Waals surface area contributed by atoms with Crippen LogP contribution in [-0.2, 0) is 24.6 Å². The molecule has 4 amide bonds. The van der Waals surface area contributed by atoms with Crippen LogP contribution in [0, 0.1) is 37.5 Å². The number of amides is 4. The Bertz CT molecular complexity index is 2240. The van der Waals surface area contributed by atoms with Crippen molar-refractivity contribution in [2.45, 2.75) is 38.0 Å². The summed E-state index contributed by atoms with van der Waals surface area (Å²) in [7, 11) is 1.55. The van der Waals surface area contributed by atoms with E-state index in [-0.39, 0.29) is 35.4 Å². The van der Waals surface area contributed by atoms with E-state index >= 15 is 4.79 Å². The molecule has 3 fully saturated rings. The number of benzene rings is 4. The molecule has 9 nitrogen and oxygen atoms in total. The van der Waals surface area contributed by atoms with Crippen LogP contribution in [0.3, 0.4) is 0 Å². The van der Waals surface area contributed by atoms with Crippen molar-refractivity contribution in [3.8, 4) is 11.5 Å². The predicted octanol–water partition coefficient (Wildman–Crippen LogP) is 8.28. The molecule has 2 heterocycles. The fourth-order valence-electron chi connectivity index (χ4n) is 9.22. The van der Waals surface area contributed by atoms with Gasteiger partial charge < -0.3 is 9.84 Å². The summed E-state index contributed by atoms with van der Waals surface area (Å²) in [6.45, 7) is 3.59. The minimum Gasteiger partial charge on any atom is -0.507 e. The van der Waals surface area contributed by atoms with E-state index in [4.69, 9.17) is 27.9 Å². The van der Waals surface area contributed by atoms with Gasteiger partial charge in [-0.2, -0.15) is 5.01 Å². The van der Waals surface area contributed by atoms with Gasteiger partial charge in [0.25, 0.3) is 11.8 Å². The molecular weight excluding hydrogens is 781 g/mol. The Balaban J connectivity index is 1.34. The molecule has 1 saturated carbocycles. The number of aryl methyl sites for hydroxylation is 2. The Morgan fingerprint density at radius 2 is 1.55 bits per heavy atom. The van der Waals surface area contributed by atoms with Crippen molar-refractivity contribution in [1.29, 1.82) is 0 Å². The van der Waals surface area contributed by atoms with Crippen molar-refractivity contribution in [3.05, 3.63) is 127 Å². The molecule has 53 heavy (non-hydrogen) atoms. The number of hydrogen-bond acceptors (Lipinski definition) is 7. The maximum absolute atomic E-state index is 15.4. The quantitative estimate of drug-likeness (QED) is 0.149. The van der Waals surface area contributed by atoms with Gasteiger partial charge in [0, 0.05) is 15.4 Å². The summed E-state index contributed by atoms with van der Waals surface area (Å²) in [5.74, 6) is -4.55. The number of nitrogens with zero attached hydrogens (tertiary/aromatic N) is 2. The van der Waals surface area contributed by atoms with Crippen molar-refractivity contribution in [3.63, 3.8) is 0 Å². The number of carbonyl (C=O) groups is 4. The normalized spacial score (nSPS) is 26.3. The second-order valence-electron chi connectivity index (χ2n) is 14.2. The topological polar surface area (TPSA) is 116 Å². The molecule has 8 rings (SSSR count). The van der Waals surface area contributed by atoms with E-state index in [9.17, 15) is 19.5 Å². The van der Waals surface area contributed by atoms with Gasteiger partial charge in [-0.25, -0.2) is 0 Å². The molecule has 270 valence electrons. The van der Waals surface area contributed by atoms with Crippen LogP contribution < -0.4 is 15.1 Å². The Morgan fingerprint density at radius 3 is 2.19 bits per heavy atom. The van der Waals surface area contributed by atoms with E-state index in [0.717, 1.165) is 15.1 Å². The first-order valence-corrected chi connectivity index (χ1v) is 18.8. The van der Waals surface area contributed by atoms with Gasteiger partial charge in [-0.15, -0.1) is 0 Å². The molecule has 0 radical (unpaired) electrons. The lowest BCUT2D eigenvalue weighted by Gasteiger charge is -2.50. The Kier molecular flexibility index (Phi) is 8.71. The highest BCUT2D eigenvalue weighted by molar-refractivity contribution is 9.10. The lowest BCUT2D eigenvalue weighted by molar-refractivity contribution is -0.138. The number of allylic oxidation sites excluding steroid dienone is 2. The molecule has 0 unspecified atom stereocenters. The van der Waals surface area contributed by atoms with E-state index in [1.54, 1.807) is 69.5 Å². The number of hydrogen-bond donors (Lipinski definition) is 2. The maximum Gasteiger partial charge on any atom is 0.260 e. The average Bonchev–Trinajstić information content (AvgIpc) is 3.52. The lowest BCUT2D eigenvalue weighted by Crippen LogP contribution is -2.53. The first-order chi connectivity index (χ1) is 25.4. The van der Waals surface area contributed by atoms with Gasteiger partial charge >= 0.3 is 0 Å². The van der Waals surface area contributed by atoms with Gasteiger partial charge in [-0.3, -0.25) is 29.5 Å². The largest absolute Gasteiger partial charge is 0.507 e. The van der Waals surface area contributed by atoms with Crippen molar-refractivity contribution in [1.82, 2.24) is 5.01 Å². The predicted molar refractivity (Wildman–Crippen MR) is 205 cm³/mol. The number of phenols is 1. The molecule has 0 bridgehead atoms. The first kappa shape index (κ1) is 35.4. The minimum atomic E-state index is -1.50. The second-order valence-corrected chi connectivity index (χ2v) is 16.0. The number of hydrazine groups is 1. The van der Waals surface area contributed by atoms with E-state index in [1.807, 2.05) is 30.3 Å². The highest BCUT2D eigenvalue weighted by Crippen LogP contribution is 2.64. The van der Waals surface area contributed by atoms with E-state index in [0.29, 0.717) is 44.4 Å². The summed E-state index contributed by atoms with van der Waals surface area (Å²) in [5.41, 5.74) is 5.63. The Morgan fingerprint density at radius 1 is 0.868 bits per heavy atom. The number of phenolic OH excluding ortho intramolecular Hbond substituents is 1. The van der Waals surface area contributed by atoms with Gasteiger partial charge in [-0.05, 0) is 109 Å². The van der Waals surface area contributed by atoms with Crippen LogP contribution in [0.4, 0.5) is 11.4 Å². The Labute approximate surface area is 324 Å². The third-order valence-electron chi connectivity index (χ3n) is 11.5. The fraction of sp³-hybridized carbons (Fsp3) is 0.268. The standard InChI is InChI=1S/C41H34BrCl2N3O6/c1-20-16-22(17-21(2)36(20)48)35-28-13-14-29-34(39(51)46(37(29)49)26-9-6-24(42)7-10-26)30(28)19-31-38(50)47(45-33-15-8-25(43)18-32(33)44)40(52)41(31,35)23-4-11-27(53-3)12-5-23/h4-13,15-18,29-31,34-35,45,48H,14,19H2,1-3H3/t29-,30+,31-,34-,35-,41+/m0/s1. The summed E-state index contributed by atoms with van der Waals surface area (Å²) >= 11 is 16.2. The number of carbonyl (C=O) groups excluding carboxylic acids is 4. The van der Waals surface area contributed by atoms with Crippen LogP contribution in [0.15, 0.2) is 95.0 Å². The number of nitrogens with one attached hydrogen (secondary N) is 1. The SMILES string of the molecule is COc1ccc([C@@]23C(=O)N(Nc4ccc(Cl)cc4Cl)C(=O)[C@@H]2C[C@@H]2C(=CC[C@@H]4C(=O)N(c5ccc(Br)cc5)C(=O)[C@@H]42)[C@@H]3c2cc(C)c(O)c(C)c2)cc1. The number of rotatable bonds is 6. The molecule has 0 aromatic heterocycles. The second kappa shape index (κ2) is 13.0. The number of aromatic hydroxyl groups is 1. The zero-order chi connectivity index (χ0) is 37.5. The van der Waals surface area contributed by atoms with Crippen LogP contribution in [0.25, 0.3) is 0 Å². The summed E-state index contributed by atoms with van der Waals surface area (Å²) < 4.78 is 6.30. The third-order valence-corrected chi connectivity index (χ3v) is 12.6. The molecule has 4 aromatic carbocycles. The molecule has 2 aliphatic carbocycles. The number of methoxy groups -OCH3 is 1. The highest BCUT2D eigenvalue weighted by Gasteiger charge is 2.70.